The average Bonchev–Trinajstić information content (AvgIpc) is 2.31. The van der Waals surface area contributed by atoms with Crippen LogP contribution in [0.15, 0.2) is 30.3 Å². The van der Waals surface area contributed by atoms with E-state index < -0.39 is 0 Å². The van der Waals surface area contributed by atoms with Gasteiger partial charge in [0.15, 0.2) is 0 Å². The molecule has 4 heteroatoms. The third kappa shape index (κ3) is 4.24. The van der Waals surface area contributed by atoms with Crippen molar-refractivity contribution in [3.63, 3.8) is 0 Å². The lowest BCUT2D eigenvalue weighted by atomic mass is 10.2. The lowest BCUT2D eigenvalue weighted by Gasteiger charge is -2.14. The summed E-state index contributed by atoms with van der Waals surface area (Å²) in [5.74, 6) is 1.31. The first-order valence-electron chi connectivity index (χ1n) is 5.21. The van der Waals surface area contributed by atoms with Crippen molar-refractivity contribution >= 4 is 17.7 Å². The van der Waals surface area contributed by atoms with Crippen LogP contribution >= 0.6 is 11.8 Å². The van der Waals surface area contributed by atoms with Gasteiger partial charge in [0.05, 0.1) is 0 Å². The van der Waals surface area contributed by atoms with E-state index in [1.54, 1.807) is 30.9 Å². The maximum atomic E-state index is 11.8. The van der Waals surface area contributed by atoms with E-state index >= 15 is 0 Å². The average molecular weight is 239 g/mol. The van der Waals surface area contributed by atoms with Crippen molar-refractivity contribution in [2.24, 2.45) is 0 Å². The first kappa shape index (κ1) is 13.1. The van der Waals surface area contributed by atoms with Crippen LogP contribution in [-0.2, 0) is 4.79 Å². The molecule has 0 bridgehead atoms. The zero-order valence-corrected chi connectivity index (χ0v) is 10.4. The van der Waals surface area contributed by atoms with Crippen LogP contribution in [-0.4, -0.2) is 31.1 Å². The fourth-order valence-electron chi connectivity index (χ4n) is 1.29. The van der Waals surface area contributed by atoms with Crippen LogP contribution in [0.5, 0.6) is 5.75 Å². The van der Waals surface area contributed by atoms with Gasteiger partial charge in [-0.1, -0.05) is 18.2 Å². The minimum absolute atomic E-state index is 0.220. The highest BCUT2D eigenvalue weighted by Crippen LogP contribution is 2.10. The minimum Gasteiger partial charge on any atom is -0.425 e. The number of thioether (sulfide) groups is 1. The summed E-state index contributed by atoms with van der Waals surface area (Å²) in [4.78, 5) is 11.8. The van der Waals surface area contributed by atoms with E-state index in [4.69, 9.17) is 4.74 Å². The Hall–Kier alpha value is -1.00. The summed E-state index contributed by atoms with van der Waals surface area (Å²) in [6.45, 7) is 0. The minimum atomic E-state index is -0.229. The molecule has 0 aliphatic carbocycles. The SMILES string of the molecule is CN[C@@H](CCSC)C(=O)Oc1ccccc1. The molecule has 0 aliphatic heterocycles. The lowest BCUT2D eigenvalue weighted by Crippen LogP contribution is -2.37. The Morgan fingerprint density at radius 2 is 2.12 bits per heavy atom. The van der Waals surface area contributed by atoms with E-state index in [0.717, 1.165) is 12.2 Å². The molecule has 0 fully saturated rings. The van der Waals surface area contributed by atoms with E-state index in [1.807, 2.05) is 24.5 Å². The Labute approximate surface area is 101 Å². The molecular weight excluding hydrogens is 222 g/mol. The Bertz CT molecular complexity index is 316. The number of carbonyl (C=O) groups excluding carboxylic acids is 1. The fraction of sp³-hybridized carbons (Fsp3) is 0.417. The standard InChI is InChI=1S/C12H17NO2S/c1-13-11(8-9-16-2)12(14)15-10-6-4-3-5-7-10/h3-7,11,13H,8-9H2,1-2H3/t11-/m0/s1. The van der Waals surface area contributed by atoms with Crippen LogP contribution in [0, 0.1) is 0 Å². The first-order valence-corrected chi connectivity index (χ1v) is 6.60. The molecule has 0 saturated heterocycles. The molecule has 0 amide bonds. The Morgan fingerprint density at radius 3 is 2.69 bits per heavy atom. The summed E-state index contributed by atoms with van der Waals surface area (Å²) in [5.41, 5.74) is 0. The summed E-state index contributed by atoms with van der Waals surface area (Å²) in [7, 11) is 1.78. The Balaban J connectivity index is 2.49. The van der Waals surface area contributed by atoms with E-state index in [0.29, 0.717) is 5.75 Å². The molecule has 0 saturated carbocycles. The molecule has 1 atom stereocenters. The van der Waals surface area contributed by atoms with Gasteiger partial charge in [0.1, 0.15) is 11.8 Å². The molecule has 16 heavy (non-hydrogen) atoms. The molecular formula is C12H17NO2S. The fourth-order valence-corrected chi connectivity index (χ4v) is 1.76. The third-order valence-electron chi connectivity index (χ3n) is 2.21. The summed E-state index contributed by atoms with van der Waals surface area (Å²) in [6, 6.07) is 8.91. The molecule has 0 unspecified atom stereocenters. The number of para-hydroxylation sites is 1. The zero-order valence-electron chi connectivity index (χ0n) is 9.60. The summed E-state index contributed by atoms with van der Waals surface area (Å²) < 4.78 is 5.25. The number of likely N-dealkylation sites (N-methyl/N-ethyl adjacent to an activating group) is 1. The van der Waals surface area contributed by atoms with Gasteiger partial charge in [0.25, 0.3) is 0 Å². The van der Waals surface area contributed by atoms with Crippen LogP contribution in [0.2, 0.25) is 0 Å². The number of esters is 1. The second kappa shape index (κ2) is 7.30. The zero-order chi connectivity index (χ0) is 11.8. The van der Waals surface area contributed by atoms with E-state index in [2.05, 4.69) is 5.32 Å². The Kier molecular flexibility index (Phi) is 5.96. The van der Waals surface area contributed by atoms with Gasteiger partial charge in [-0.15, -0.1) is 0 Å². The van der Waals surface area contributed by atoms with Gasteiger partial charge in [-0.2, -0.15) is 11.8 Å². The second-order valence-corrected chi connectivity index (χ2v) is 4.34. The van der Waals surface area contributed by atoms with Crippen molar-refractivity contribution in [3.8, 4) is 5.75 Å². The van der Waals surface area contributed by atoms with Crippen molar-refractivity contribution in [1.29, 1.82) is 0 Å². The van der Waals surface area contributed by atoms with Crippen LogP contribution in [0.3, 0.4) is 0 Å². The number of hydrogen-bond acceptors (Lipinski definition) is 4. The predicted molar refractivity (Wildman–Crippen MR) is 67.9 cm³/mol. The Morgan fingerprint density at radius 1 is 1.44 bits per heavy atom. The largest absolute Gasteiger partial charge is 0.425 e. The monoisotopic (exact) mass is 239 g/mol. The van der Waals surface area contributed by atoms with Crippen LogP contribution < -0.4 is 10.1 Å². The van der Waals surface area contributed by atoms with Gasteiger partial charge < -0.3 is 10.1 Å². The number of nitrogens with one attached hydrogen (secondary N) is 1. The molecule has 0 spiro atoms. The molecule has 3 nitrogen and oxygen atoms in total. The highest BCUT2D eigenvalue weighted by Gasteiger charge is 2.17. The summed E-state index contributed by atoms with van der Waals surface area (Å²) in [6.07, 6.45) is 2.80. The van der Waals surface area contributed by atoms with E-state index in [-0.39, 0.29) is 12.0 Å². The highest BCUT2D eigenvalue weighted by molar-refractivity contribution is 7.98. The molecule has 0 aliphatic rings. The van der Waals surface area contributed by atoms with Crippen molar-refractivity contribution in [2.45, 2.75) is 12.5 Å². The van der Waals surface area contributed by atoms with Crippen molar-refractivity contribution in [1.82, 2.24) is 5.32 Å². The first-order chi connectivity index (χ1) is 7.77. The van der Waals surface area contributed by atoms with Gasteiger partial charge in [-0.3, -0.25) is 0 Å². The number of benzene rings is 1. The molecule has 0 aromatic heterocycles. The number of carbonyl (C=O) groups is 1. The molecule has 88 valence electrons. The summed E-state index contributed by atoms with van der Waals surface area (Å²) in [5, 5.41) is 2.97. The van der Waals surface area contributed by atoms with Crippen molar-refractivity contribution in [2.75, 3.05) is 19.1 Å². The van der Waals surface area contributed by atoms with Gasteiger partial charge in [-0.05, 0) is 37.6 Å². The maximum absolute atomic E-state index is 11.8. The summed E-state index contributed by atoms with van der Waals surface area (Å²) >= 11 is 1.72. The lowest BCUT2D eigenvalue weighted by molar-refractivity contribution is -0.136. The van der Waals surface area contributed by atoms with Crippen molar-refractivity contribution in [3.05, 3.63) is 30.3 Å². The smallest absolute Gasteiger partial charge is 0.328 e. The molecule has 1 aromatic carbocycles. The van der Waals surface area contributed by atoms with E-state index in [9.17, 15) is 4.79 Å². The van der Waals surface area contributed by atoms with E-state index in [1.165, 1.54) is 0 Å². The molecule has 1 aromatic rings. The number of rotatable bonds is 6. The number of ether oxygens (including phenoxy) is 1. The highest BCUT2D eigenvalue weighted by atomic mass is 32.2. The molecule has 1 N–H and O–H groups in total. The molecule has 0 radical (unpaired) electrons. The normalized spacial score (nSPS) is 12.1. The maximum Gasteiger partial charge on any atom is 0.328 e. The van der Waals surface area contributed by atoms with Gasteiger partial charge in [0.2, 0.25) is 0 Å². The topological polar surface area (TPSA) is 38.3 Å². The van der Waals surface area contributed by atoms with Crippen LogP contribution in [0.4, 0.5) is 0 Å². The second-order valence-electron chi connectivity index (χ2n) is 3.36. The number of hydrogen-bond donors (Lipinski definition) is 1. The quantitative estimate of drug-likeness (QED) is 0.608. The molecule has 1 rings (SSSR count). The predicted octanol–water partition coefficient (Wildman–Crippen LogP) is 1.93. The van der Waals surface area contributed by atoms with Crippen LogP contribution in [0.1, 0.15) is 6.42 Å². The van der Waals surface area contributed by atoms with Gasteiger partial charge in [0, 0.05) is 0 Å². The van der Waals surface area contributed by atoms with Crippen molar-refractivity contribution < 1.29 is 9.53 Å². The third-order valence-corrected chi connectivity index (χ3v) is 2.85. The van der Waals surface area contributed by atoms with Gasteiger partial charge in [-0.25, -0.2) is 4.79 Å². The molecule has 0 heterocycles. The van der Waals surface area contributed by atoms with Crippen LogP contribution in [0.25, 0.3) is 0 Å². The van der Waals surface area contributed by atoms with Gasteiger partial charge >= 0.3 is 5.97 Å².